The monoisotopic (exact) mass is 524 g/mol. The third-order valence-corrected chi connectivity index (χ3v) is 4.87. The predicted octanol–water partition coefficient (Wildman–Crippen LogP) is 7.48. The summed E-state index contributed by atoms with van der Waals surface area (Å²) in [7, 11) is 0. The molecule has 7 nitrogen and oxygen atoms in total. The first-order chi connectivity index (χ1) is 17.4. The van der Waals surface area contributed by atoms with Gasteiger partial charge >= 0.3 is 12.4 Å². The molecule has 4 rings (SSSR count). The molecule has 196 valence electrons. The van der Waals surface area contributed by atoms with Gasteiger partial charge in [0.05, 0.1) is 5.56 Å². The topological polar surface area (TPSA) is 88.6 Å². The first kappa shape index (κ1) is 27.4. The van der Waals surface area contributed by atoms with Gasteiger partial charge in [0.1, 0.15) is 5.75 Å². The van der Waals surface area contributed by atoms with E-state index in [1.165, 1.54) is 31.2 Å². The minimum absolute atomic E-state index is 0.0476. The molecule has 0 bridgehead atoms. The number of alkyl halides is 6. The summed E-state index contributed by atoms with van der Waals surface area (Å²) >= 11 is 0. The van der Waals surface area contributed by atoms with Gasteiger partial charge in [-0.05, 0) is 56.3 Å². The standard InChI is InChI=1S/C22H16F6N6O.C2H6/c1-11-12(2)29-19(22(26,27)28)32-18(11)35-16-8-6-13(7-9-16)17-31-20(34-33-17)30-15-5-3-4-14(10-15)21(23,24)25;1-2/h3-10H,1-2H3,(H2,30,31,33,34);1-2H3. The number of rotatable bonds is 5. The minimum Gasteiger partial charge on any atom is -0.439 e. The van der Waals surface area contributed by atoms with E-state index in [4.69, 9.17) is 4.74 Å². The van der Waals surface area contributed by atoms with Crippen molar-refractivity contribution in [3.63, 3.8) is 0 Å². The number of anilines is 2. The molecule has 0 amide bonds. The highest BCUT2D eigenvalue weighted by Gasteiger charge is 2.36. The van der Waals surface area contributed by atoms with Crippen LogP contribution in [0.25, 0.3) is 11.4 Å². The molecule has 2 aromatic heterocycles. The number of aryl methyl sites for hydroxylation is 1. The van der Waals surface area contributed by atoms with E-state index in [2.05, 4.69) is 30.5 Å². The molecular formula is C24H22F6N6O. The maximum absolute atomic E-state index is 13.0. The molecule has 0 unspecified atom stereocenters. The number of aromatic nitrogens is 5. The Morgan fingerprint density at radius 1 is 0.838 bits per heavy atom. The molecule has 13 heteroatoms. The second kappa shape index (κ2) is 10.8. The van der Waals surface area contributed by atoms with E-state index >= 15 is 0 Å². The maximum Gasteiger partial charge on any atom is 0.451 e. The van der Waals surface area contributed by atoms with Gasteiger partial charge in [-0.3, -0.25) is 5.10 Å². The highest BCUT2D eigenvalue weighted by Crippen LogP contribution is 2.33. The normalized spacial score (nSPS) is 11.5. The molecule has 2 N–H and O–H groups in total. The second-order valence-electron chi connectivity index (χ2n) is 7.40. The zero-order valence-electron chi connectivity index (χ0n) is 20.1. The van der Waals surface area contributed by atoms with Crippen LogP contribution in [0.4, 0.5) is 38.0 Å². The lowest BCUT2D eigenvalue weighted by molar-refractivity contribution is -0.145. The predicted molar refractivity (Wildman–Crippen MR) is 124 cm³/mol. The fourth-order valence-corrected chi connectivity index (χ4v) is 2.97. The summed E-state index contributed by atoms with van der Waals surface area (Å²) in [6, 6.07) is 10.8. The smallest absolute Gasteiger partial charge is 0.439 e. The number of aromatic amines is 1. The highest BCUT2D eigenvalue weighted by molar-refractivity contribution is 5.60. The number of hydrogen-bond acceptors (Lipinski definition) is 6. The van der Waals surface area contributed by atoms with Gasteiger partial charge in [-0.15, -0.1) is 5.10 Å². The number of ether oxygens (including phenoxy) is 1. The summed E-state index contributed by atoms with van der Waals surface area (Å²) in [4.78, 5) is 11.1. The quantitative estimate of drug-likeness (QED) is 0.263. The molecular weight excluding hydrogens is 502 g/mol. The summed E-state index contributed by atoms with van der Waals surface area (Å²) < 4.78 is 83.2. The molecule has 0 fully saturated rings. The summed E-state index contributed by atoms with van der Waals surface area (Å²) in [6.07, 6.45) is -9.20. The van der Waals surface area contributed by atoms with Gasteiger partial charge in [0.25, 0.3) is 0 Å². The van der Waals surface area contributed by atoms with Gasteiger partial charge in [0, 0.05) is 22.5 Å². The Morgan fingerprint density at radius 3 is 2.14 bits per heavy atom. The lowest BCUT2D eigenvalue weighted by atomic mass is 10.2. The van der Waals surface area contributed by atoms with E-state index < -0.39 is 23.7 Å². The largest absolute Gasteiger partial charge is 0.451 e. The maximum atomic E-state index is 13.0. The summed E-state index contributed by atoms with van der Waals surface area (Å²) in [5, 5.41) is 9.30. The number of nitrogens with one attached hydrogen (secondary N) is 2. The van der Waals surface area contributed by atoms with Crippen molar-refractivity contribution in [2.45, 2.75) is 40.0 Å². The lowest BCUT2D eigenvalue weighted by Crippen LogP contribution is -2.13. The van der Waals surface area contributed by atoms with Crippen molar-refractivity contribution in [1.29, 1.82) is 0 Å². The van der Waals surface area contributed by atoms with Crippen molar-refractivity contribution in [3.8, 4) is 23.0 Å². The average molecular weight is 524 g/mol. The summed E-state index contributed by atoms with van der Waals surface area (Å²) in [5.41, 5.74) is 0.394. The molecule has 4 aromatic rings. The zero-order chi connectivity index (χ0) is 27.4. The van der Waals surface area contributed by atoms with E-state index in [1.54, 1.807) is 19.1 Å². The van der Waals surface area contributed by atoms with Crippen LogP contribution in [0.5, 0.6) is 11.6 Å². The fraction of sp³-hybridized carbons (Fsp3) is 0.250. The molecule has 0 saturated heterocycles. The van der Waals surface area contributed by atoms with Crippen LogP contribution < -0.4 is 10.1 Å². The lowest BCUT2D eigenvalue weighted by Gasteiger charge is -2.12. The second-order valence-corrected chi connectivity index (χ2v) is 7.40. The van der Waals surface area contributed by atoms with E-state index in [0.29, 0.717) is 17.0 Å². The number of benzene rings is 2. The molecule has 0 aliphatic rings. The molecule has 0 radical (unpaired) electrons. The highest BCUT2D eigenvalue weighted by atomic mass is 19.4. The van der Waals surface area contributed by atoms with Gasteiger partial charge in [-0.25, -0.2) is 4.98 Å². The molecule has 0 spiro atoms. The Balaban J connectivity index is 0.00000186. The molecule has 0 atom stereocenters. The van der Waals surface area contributed by atoms with Crippen LogP contribution in [0.15, 0.2) is 48.5 Å². The molecule has 2 heterocycles. The van der Waals surface area contributed by atoms with Crippen LogP contribution in [0.3, 0.4) is 0 Å². The van der Waals surface area contributed by atoms with Gasteiger partial charge in [0.2, 0.25) is 17.7 Å². The Bertz CT molecular complexity index is 1350. The molecule has 0 aliphatic heterocycles. The van der Waals surface area contributed by atoms with Gasteiger partial charge in [-0.1, -0.05) is 19.9 Å². The third kappa shape index (κ3) is 6.74. The molecule has 2 aromatic carbocycles. The fourth-order valence-electron chi connectivity index (χ4n) is 2.97. The van der Waals surface area contributed by atoms with Gasteiger partial charge in [-0.2, -0.15) is 36.3 Å². The SMILES string of the molecule is CC.Cc1nc(C(F)(F)F)nc(Oc2ccc(-c3nc(Nc4cccc(C(F)(F)F)c4)n[nH]3)cc2)c1C. The first-order valence-corrected chi connectivity index (χ1v) is 11.0. The van der Waals surface area contributed by atoms with Crippen LogP contribution in [-0.2, 0) is 12.4 Å². The Kier molecular flexibility index (Phi) is 8.04. The van der Waals surface area contributed by atoms with Gasteiger partial charge in [0.15, 0.2) is 5.82 Å². The Hall–Kier alpha value is -4.16. The van der Waals surface area contributed by atoms with Crippen molar-refractivity contribution >= 4 is 11.6 Å². The molecule has 0 aliphatic carbocycles. The number of hydrogen-bond donors (Lipinski definition) is 2. The van der Waals surface area contributed by atoms with E-state index in [9.17, 15) is 26.3 Å². The van der Waals surface area contributed by atoms with Crippen LogP contribution >= 0.6 is 0 Å². The van der Waals surface area contributed by atoms with E-state index in [0.717, 1.165) is 12.1 Å². The summed E-state index contributed by atoms with van der Waals surface area (Å²) in [5.74, 6) is -0.935. The van der Waals surface area contributed by atoms with Crippen molar-refractivity contribution in [1.82, 2.24) is 25.1 Å². The van der Waals surface area contributed by atoms with Crippen LogP contribution in [0.2, 0.25) is 0 Å². The zero-order valence-corrected chi connectivity index (χ0v) is 20.1. The van der Waals surface area contributed by atoms with Crippen molar-refractivity contribution in [2.75, 3.05) is 5.32 Å². The van der Waals surface area contributed by atoms with Gasteiger partial charge < -0.3 is 10.1 Å². The van der Waals surface area contributed by atoms with Crippen LogP contribution in [-0.4, -0.2) is 25.1 Å². The summed E-state index contributed by atoms with van der Waals surface area (Å²) in [6.45, 7) is 6.98. The molecule has 37 heavy (non-hydrogen) atoms. The van der Waals surface area contributed by atoms with E-state index in [-0.39, 0.29) is 29.0 Å². The Labute approximate surface area is 208 Å². The number of H-pyrrole nitrogens is 1. The van der Waals surface area contributed by atoms with E-state index in [1.807, 2.05) is 13.8 Å². The first-order valence-electron chi connectivity index (χ1n) is 11.0. The molecule has 0 saturated carbocycles. The van der Waals surface area contributed by atoms with Crippen molar-refractivity contribution in [2.24, 2.45) is 0 Å². The minimum atomic E-state index is -4.72. The third-order valence-electron chi connectivity index (χ3n) is 4.87. The average Bonchev–Trinajstić information content (AvgIpc) is 3.31. The number of halogens is 6. The Morgan fingerprint density at radius 2 is 1.51 bits per heavy atom. The number of nitrogens with zero attached hydrogens (tertiary/aromatic N) is 4. The van der Waals surface area contributed by atoms with Crippen molar-refractivity contribution in [3.05, 3.63) is 71.2 Å². The van der Waals surface area contributed by atoms with Crippen molar-refractivity contribution < 1.29 is 31.1 Å². The van der Waals surface area contributed by atoms with Crippen LogP contribution in [0.1, 0.15) is 36.5 Å². The van der Waals surface area contributed by atoms with Crippen LogP contribution in [0, 0.1) is 13.8 Å².